The van der Waals surface area contributed by atoms with Gasteiger partial charge in [-0.25, -0.2) is 0 Å². The Labute approximate surface area is 158 Å². The van der Waals surface area contributed by atoms with E-state index in [1.165, 1.54) is 0 Å². The van der Waals surface area contributed by atoms with E-state index in [9.17, 15) is 9.59 Å². The van der Waals surface area contributed by atoms with Crippen molar-refractivity contribution in [3.05, 3.63) is 40.4 Å². The Kier molecular flexibility index (Phi) is 3.93. The number of hydrogen-bond donors (Lipinski definition) is 1. The van der Waals surface area contributed by atoms with Gasteiger partial charge in [0.1, 0.15) is 11.0 Å². The smallest absolute Gasteiger partial charge is 0.318 e. The van der Waals surface area contributed by atoms with Crippen molar-refractivity contribution in [2.24, 2.45) is 5.41 Å². The zero-order valence-electron chi connectivity index (χ0n) is 15.3. The lowest BCUT2D eigenvalue weighted by Crippen LogP contribution is -2.58. The molecule has 1 N–H and O–H groups in total. The van der Waals surface area contributed by atoms with Gasteiger partial charge in [-0.2, -0.15) is 0 Å². The number of esters is 1. The summed E-state index contributed by atoms with van der Waals surface area (Å²) in [6.07, 6.45) is 3.91. The summed E-state index contributed by atoms with van der Waals surface area (Å²) in [6, 6.07) is 5.45. The van der Waals surface area contributed by atoms with E-state index in [4.69, 9.17) is 16.3 Å². The number of benzene rings is 1. The zero-order valence-corrected chi connectivity index (χ0v) is 16.0. The fourth-order valence-electron chi connectivity index (χ4n) is 5.38. The van der Waals surface area contributed by atoms with Crippen molar-refractivity contribution >= 4 is 29.2 Å². The van der Waals surface area contributed by atoms with E-state index in [0.717, 1.165) is 36.2 Å². The van der Waals surface area contributed by atoms with Crippen LogP contribution >= 0.6 is 11.6 Å². The van der Waals surface area contributed by atoms with E-state index in [0.29, 0.717) is 5.02 Å². The van der Waals surface area contributed by atoms with Crippen LogP contribution in [0.4, 0.5) is 5.69 Å². The lowest BCUT2D eigenvalue weighted by Gasteiger charge is -2.41. The number of nitrogens with zero attached hydrogens (tertiary/aromatic N) is 1. The molecule has 2 fully saturated rings. The highest BCUT2D eigenvalue weighted by Crippen LogP contribution is 2.64. The Morgan fingerprint density at radius 1 is 1.50 bits per heavy atom. The number of hydrogen-bond acceptors (Lipinski definition) is 4. The predicted molar refractivity (Wildman–Crippen MR) is 100.0 cm³/mol. The maximum atomic E-state index is 13.5. The van der Waals surface area contributed by atoms with Gasteiger partial charge in [-0.15, -0.1) is 0 Å². The number of nitrogens with one attached hydrogen (secondary N) is 1. The third kappa shape index (κ3) is 1.85. The molecule has 0 unspecified atom stereocenters. The molecule has 3 atom stereocenters. The summed E-state index contributed by atoms with van der Waals surface area (Å²) in [7, 11) is 0. The Balaban J connectivity index is 2.05. The number of carbonyl (C=O) groups is 2. The highest BCUT2D eigenvalue weighted by molar-refractivity contribution is 6.31. The number of fused-ring (bicyclic) bond motifs is 4. The molecule has 1 aromatic carbocycles. The van der Waals surface area contributed by atoms with Crippen molar-refractivity contribution < 1.29 is 14.3 Å². The number of halogens is 1. The maximum absolute atomic E-state index is 13.5. The lowest BCUT2D eigenvalue weighted by atomic mass is 9.65. The topological polar surface area (TPSA) is 58.6 Å². The second-order valence-electron chi connectivity index (χ2n) is 7.30. The van der Waals surface area contributed by atoms with Crippen LogP contribution in [0.5, 0.6) is 0 Å². The minimum absolute atomic E-state index is 0.0603. The number of rotatable bonds is 2. The summed E-state index contributed by atoms with van der Waals surface area (Å²) in [5.41, 5.74) is 0.245. The molecule has 138 valence electrons. The molecule has 3 aliphatic rings. The molecule has 0 aliphatic carbocycles. The monoisotopic (exact) mass is 374 g/mol. The van der Waals surface area contributed by atoms with E-state index < -0.39 is 11.0 Å². The molecule has 26 heavy (non-hydrogen) atoms. The SMILES string of the molecule is C/C=C1/[C@H]2CCCN2[C@]2(C(=O)Nc3ccc(Cl)cc32)[C@@]1(C)C(=O)OCC. The van der Waals surface area contributed by atoms with E-state index in [1.54, 1.807) is 13.0 Å². The van der Waals surface area contributed by atoms with Gasteiger partial charge < -0.3 is 10.1 Å². The van der Waals surface area contributed by atoms with Crippen molar-refractivity contribution in [1.29, 1.82) is 0 Å². The van der Waals surface area contributed by atoms with Crippen LogP contribution in [0.25, 0.3) is 0 Å². The summed E-state index contributed by atoms with van der Waals surface area (Å²) < 4.78 is 5.49. The molecule has 6 heteroatoms. The fourth-order valence-corrected chi connectivity index (χ4v) is 5.56. The van der Waals surface area contributed by atoms with Gasteiger partial charge in [-0.3, -0.25) is 14.5 Å². The molecule has 0 bridgehead atoms. The Bertz CT molecular complexity index is 836. The second-order valence-corrected chi connectivity index (χ2v) is 7.73. The van der Waals surface area contributed by atoms with Gasteiger partial charge in [0.25, 0.3) is 5.91 Å². The number of allylic oxidation sites excluding steroid dienone is 1. The number of amides is 1. The van der Waals surface area contributed by atoms with Gasteiger partial charge in [0.05, 0.1) is 6.61 Å². The molecule has 0 radical (unpaired) electrons. The quantitative estimate of drug-likeness (QED) is 0.636. The molecule has 2 saturated heterocycles. The van der Waals surface area contributed by atoms with Crippen LogP contribution in [0.2, 0.25) is 5.02 Å². The third-order valence-electron chi connectivity index (χ3n) is 6.29. The fraction of sp³-hybridized carbons (Fsp3) is 0.500. The molecule has 3 aliphatic heterocycles. The molecule has 1 aromatic rings. The van der Waals surface area contributed by atoms with E-state index in [1.807, 2.05) is 32.1 Å². The first-order valence-electron chi connectivity index (χ1n) is 9.15. The van der Waals surface area contributed by atoms with Crippen LogP contribution < -0.4 is 5.32 Å². The maximum Gasteiger partial charge on any atom is 0.318 e. The van der Waals surface area contributed by atoms with Gasteiger partial charge in [0.2, 0.25) is 0 Å². The largest absolute Gasteiger partial charge is 0.465 e. The number of carbonyl (C=O) groups excluding carboxylic acids is 2. The first-order chi connectivity index (χ1) is 12.4. The Hall–Kier alpha value is -1.85. The summed E-state index contributed by atoms with van der Waals surface area (Å²) in [5, 5.41) is 3.54. The minimum atomic E-state index is -1.12. The molecule has 3 heterocycles. The highest BCUT2D eigenvalue weighted by Gasteiger charge is 2.74. The zero-order chi connectivity index (χ0) is 18.7. The van der Waals surface area contributed by atoms with Gasteiger partial charge in [-0.1, -0.05) is 17.7 Å². The number of ether oxygens (including phenoxy) is 1. The van der Waals surface area contributed by atoms with Gasteiger partial charge in [0, 0.05) is 28.9 Å². The van der Waals surface area contributed by atoms with E-state index >= 15 is 0 Å². The molecule has 1 amide bonds. The van der Waals surface area contributed by atoms with Gasteiger partial charge in [-0.05, 0) is 57.4 Å². The molecule has 0 saturated carbocycles. The van der Waals surface area contributed by atoms with Crippen molar-refractivity contribution in [3.63, 3.8) is 0 Å². The molecular formula is C20H23ClN2O3. The van der Waals surface area contributed by atoms with Gasteiger partial charge >= 0.3 is 5.97 Å². The summed E-state index contributed by atoms with van der Waals surface area (Å²) >= 11 is 6.29. The second kappa shape index (κ2) is 5.83. The van der Waals surface area contributed by atoms with Crippen LogP contribution in [0.1, 0.15) is 39.2 Å². The predicted octanol–water partition coefficient (Wildman–Crippen LogP) is 3.48. The van der Waals surface area contributed by atoms with Crippen LogP contribution in [0.3, 0.4) is 0 Å². The summed E-state index contributed by atoms with van der Waals surface area (Å²) in [5.74, 6) is -0.528. The average Bonchev–Trinajstić information content (AvgIpc) is 3.23. The first kappa shape index (κ1) is 17.6. The first-order valence-corrected chi connectivity index (χ1v) is 9.52. The summed E-state index contributed by atoms with van der Waals surface area (Å²) in [4.78, 5) is 28.9. The van der Waals surface area contributed by atoms with Crippen molar-refractivity contribution in [2.75, 3.05) is 18.5 Å². The van der Waals surface area contributed by atoms with Gasteiger partial charge in [0.15, 0.2) is 0 Å². The van der Waals surface area contributed by atoms with Crippen molar-refractivity contribution in [3.8, 4) is 0 Å². The van der Waals surface area contributed by atoms with Crippen LogP contribution in [0, 0.1) is 5.41 Å². The Morgan fingerprint density at radius 2 is 2.27 bits per heavy atom. The minimum Gasteiger partial charge on any atom is -0.465 e. The van der Waals surface area contributed by atoms with E-state index in [2.05, 4.69) is 10.2 Å². The highest BCUT2D eigenvalue weighted by atomic mass is 35.5. The van der Waals surface area contributed by atoms with Crippen molar-refractivity contribution in [1.82, 2.24) is 4.90 Å². The Morgan fingerprint density at radius 3 is 2.96 bits per heavy atom. The van der Waals surface area contributed by atoms with Crippen LogP contribution in [0.15, 0.2) is 29.8 Å². The molecule has 0 aromatic heterocycles. The molecule has 5 nitrogen and oxygen atoms in total. The average molecular weight is 375 g/mol. The molecule has 1 spiro atoms. The standard InChI is InChI=1S/C20H23ClN2O3/c1-4-13-16-7-6-10-23(16)20(19(13,3)18(25)26-5-2)14-11-12(21)8-9-15(14)22-17(20)24/h4,8-9,11,16H,5-7,10H2,1-3H3,(H,22,24)/b13-4-/t16-,19-,20-/m1/s1. The van der Waals surface area contributed by atoms with Crippen LogP contribution in [-0.2, 0) is 19.9 Å². The number of anilines is 1. The molecular weight excluding hydrogens is 352 g/mol. The van der Waals surface area contributed by atoms with E-state index in [-0.39, 0.29) is 24.5 Å². The lowest BCUT2D eigenvalue weighted by molar-refractivity contribution is -0.161. The molecule has 4 rings (SSSR count). The third-order valence-corrected chi connectivity index (χ3v) is 6.52. The van der Waals surface area contributed by atoms with Crippen LogP contribution in [-0.4, -0.2) is 36.0 Å². The van der Waals surface area contributed by atoms with Crippen molar-refractivity contribution in [2.45, 2.75) is 45.2 Å². The normalized spacial score (nSPS) is 34.2. The summed E-state index contributed by atoms with van der Waals surface area (Å²) in [6.45, 7) is 6.62.